The van der Waals surface area contributed by atoms with E-state index in [4.69, 9.17) is 4.43 Å². The van der Waals surface area contributed by atoms with Gasteiger partial charge in [0.1, 0.15) is 11.6 Å². The molecule has 0 atom stereocenters. The minimum atomic E-state index is -1.25. The molecule has 27 heavy (non-hydrogen) atoms. The lowest BCUT2D eigenvalue weighted by Crippen LogP contribution is -2.14. The lowest BCUT2D eigenvalue weighted by molar-refractivity contribution is -0.385. The number of rotatable bonds is 7. The molecule has 0 fully saturated rings. The van der Waals surface area contributed by atoms with Crippen LogP contribution >= 0.6 is 0 Å². The molecule has 0 bridgehead atoms. The summed E-state index contributed by atoms with van der Waals surface area (Å²) in [6, 6.07) is 18.7. The van der Waals surface area contributed by atoms with Gasteiger partial charge in [-0.2, -0.15) is 0 Å². The first kappa shape index (κ1) is 18.9. The molecule has 0 spiro atoms. The van der Waals surface area contributed by atoms with E-state index in [1.807, 2.05) is 0 Å². The van der Waals surface area contributed by atoms with Crippen molar-refractivity contribution < 1.29 is 18.1 Å². The van der Waals surface area contributed by atoms with Crippen molar-refractivity contribution in [3.05, 3.63) is 111 Å². The summed E-state index contributed by atoms with van der Waals surface area (Å²) >= 11 is 0. The SMILES string of the molecule is O=[N+]([O-])c1ccccc1CO[SiH2]C(c1ccc(F)cc1)c1ccc(F)cc1. The Kier molecular flexibility index (Phi) is 6.05. The van der Waals surface area contributed by atoms with Crippen LogP contribution < -0.4 is 0 Å². The van der Waals surface area contributed by atoms with Gasteiger partial charge >= 0.3 is 0 Å². The van der Waals surface area contributed by atoms with Crippen LogP contribution in [0.15, 0.2) is 72.8 Å². The molecule has 0 heterocycles. The summed E-state index contributed by atoms with van der Waals surface area (Å²) in [5.74, 6) is -0.668. The first-order chi connectivity index (χ1) is 13.0. The van der Waals surface area contributed by atoms with E-state index in [9.17, 15) is 18.9 Å². The van der Waals surface area contributed by atoms with Crippen molar-refractivity contribution in [3.63, 3.8) is 0 Å². The van der Waals surface area contributed by atoms with E-state index in [0.717, 1.165) is 11.1 Å². The van der Waals surface area contributed by atoms with Crippen molar-refractivity contribution in [3.8, 4) is 0 Å². The van der Waals surface area contributed by atoms with Gasteiger partial charge in [-0.05, 0) is 41.5 Å². The average molecular weight is 385 g/mol. The zero-order valence-electron chi connectivity index (χ0n) is 14.3. The minimum Gasteiger partial charge on any atom is -0.419 e. The largest absolute Gasteiger partial charge is 0.419 e. The van der Waals surface area contributed by atoms with Crippen LogP contribution in [0, 0.1) is 21.7 Å². The van der Waals surface area contributed by atoms with Crippen LogP contribution in [0.25, 0.3) is 0 Å². The number of hydrogen-bond donors (Lipinski definition) is 0. The van der Waals surface area contributed by atoms with Crippen molar-refractivity contribution in [1.29, 1.82) is 0 Å². The summed E-state index contributed by atoms with van der Waals surface area (Å²) in [6.45, 7) is 0.127. The maximum Gasteiger partial charge on any atom is 0.274 e. The van der Waals surface area contributed by atoms with E-state index >= 15 is 0 Å². The molecule has 3 rings (SSSR count). The van der Waals surface area contributed by atoms with Crippen LogP contribution in [0.3, 0.4) is 0 Å². The fourth-order valence-corrected chi connectivity index (χ4v) is 4.38. The molecule has 0 aliphatic heterocycles. The van der Waals surface area contributed by atoms with Gasteiger partial charge in [0.15, 0.2) is 9.76 Å². The fraction of sp³-hybridized carbons (Fsp3) is 0.100. The molecular weight excluding hydrogens is 368 g/mol. The van der Waals surface area contributed by atoms with Crippen molar-refractivity contribution in [2.75, 3.05) is 0 Å². The molecule has 0 aromatic heterocycles. The van der Waals surface area contributed by atoms with Gasteiger partial charge < -0.3 is 4.43 Å². The summed E-state index contributed by atoms with van der Waals surface area (Å²) in [6.07, 6.45) is 0. The molecule has 0 unspecified atom stereocenters. The van der Waals surface area contributed by atoms with Crippen LogP contribution in [0.4, 0.5) is 14.5 Å². The molecule has 3 aromatic rings. The van der Waals surface area contributed by atoms with E-state index in [0.29, 0.717) is 5.56 Å². The van der Waals surface area contributed by atoms with Crippen molar-refractivity contribution >= 4 is 15.5 Å². The van der Waals surface area contributed by atoms with Crippen LogP contribution in [0.2, 0.25) is 0 Å². The Morgan fingerprint density at radius 1 is 0.889 bits per heavy atom. The second-order valence-electron chi connectivity index (χ2n) is 6.06. The fourth-order valence-electron chi connectivity index (χ4n) is 2.87. The number of para-hydroxylation sites is 1. The topological polar surface area (TPSA) is 52.4 Å². The highest BCUT2D eigenvalue weighted by molar-refractivity contribution is 6.31. The molecule has 0 aliphatic rings. The number of nitro benzene ring substituents is 1. The van der Waals surface area contributed by atoms with Gasteiger partial charge in [-0.3, -0.25) is 10.1 Å². The van der Waals surface area contributed by atoms with Gasteiger partial charge in [-0.1, -0.05) is 36.4 Å². The number of hydrogen-bond acceptors (Lipinski definition) is 3. The molecule has 3 aromatic carbocycles. The molecule has 0 amide bonds. The second kappa shape index (κ2) is 8.66. The van der Waals surface area contributed by atoms with Crippen molar-refractivity contribution in [2.45, 2.75) is 12.1 Å². The van der Waals surface area contributed by atoms with E-state index in [-0.39, 0.29) is 29.5 Å². The van der Waals surface area contributed by atoms with Gasteiger partial charge in [-0.25, -0.2) is 8.78 Å². The first-order valence-corrected chi connectivity index (χ1v) is 9.75. The number of halogens is 2. The lowest BCUT2D eigenvalue weighted by Gasteiger charge is -2.18. The Bertz CT molecular complexity index is 872. The maximum absolute atomic E-state index is 13.3. The normalized spacial score (nSPS) is 11.4. The predicted octanol–water partition coefficient (Wildman–Crippen LogP) is 4.26. The van der Waals surface area contributed by atoms with Crippen LogP contribution in [-0.2, 0) is 11.0 Å². The molecule has 138 valence electrons. The third-order valence-corrected chi connectivity index (χ3v) is 5.99. The highest BCUT2D eigenvalue weighted by Gasteiger charge is 2.18. The van der Waals surface area contributed by atoms with Crippen LogP contribution in [0.5, 0.6) is 0 Å². The van der Waals surface area contributed by atoms with Gasteiger partial charge in [0.2, 0.25) is 0 Å². The van der Waals surface area contributed by atoms with E-state index < -0.39 is 14.7 Å². The summed E-state index contributed by atoms with van der Waals surface area (Å²) in [5, 5.41) is 11.1. The quantitative estimate of drug-likeness (QED) is 0.347. The van der Waals surface area contributed by atoms with E-state index in [1.165, 1.54) is 30.3 Å². The summed E-state index contributed by atoms with van der Waals surface area (Å²) in [7, 11) is -1.25. The van der Waals surface area contributed by atoms with Gasteiger partial charge in [0, 0.05) is 11.6 Å². The Hall–Kier alpha value is -2.90. The highest BCUT2D eigenvalue weighted by atomic mass is 28.2. The molecule has 7 heteroatoms. The lowest BCUT2D eigenvalue weighted by atomic mass is 10.0. The van der Waals surface area contributed by atoms with Gasteiger partial charge in [0.05, 0.1) is 17.1 Å². The third-order valence-electron chi connectivity index (χ3n) is 4.28. The van der Waals surface area contributed by atoms with Gasteiger partial charge in [-0.15, -0.1) is 0 Å². The Balaban J connectivity index is 1.79. The summed E-state index contributed by atoms with van der Waals surface area (Å²) < 4.78 is 32.4. The van der Waals surface area contributed by atoms with E-state index in [1.54, 1.807) is 42.5 Å². The molecule has 0 saturated heterocycles. The summed E-state index contributed by atoms with van der Waals surface area (Å²) in [4.78, 5) is 10.7. The third kappa shape index (κ3) is 4.84. The van der Waals surface area contributed by atoms with Crippen LogP contribution in [-0.4, -0.2) is 14.7 Å². The molecular formula is C20H17F2NO3Si. The predicted molar refractivity (Wildman–Crippen MR) is 101 cm³/mol. The number of nitrogens with zero attached hydrogens (tertiary/aromatic N) is 1. The van der Waals surface area contributed by atoms with Crippen LogP contribution in [0.1, 0.15) is 22.2 Å². The molecule has 4 nitrogen and oxygen atoms in total. The molecule has 0 radical (unpaired) electrons. The molecule has 0 saturated carbocycles. The minimum absolute atomic E-state index is 0.0200. The zero-order valence-corrected chi connectivity index (χ0v) is 15.8. The molecule has 0 N–H and O–H groups in total. The van der Waals surface area contributed by atoms with E-state index in [2.05, 4.69) is 0 Å². The highest BCUT2D eigenvalue weighted by Crippen LogP contribution is 2.26. The summed E-state index contributed by atoms with van der Waals surface area (Å²) in [5.41, 5.74) is 2.15. The number of benzene rings is 3. The van der Waals surface area contributed by atoms with Crippen molar-refractivity contribution in [2.24, 2.45) is 0 Å². The zero-order chi connectivity index (χ0) is 19.2. The average Bonchev–Trinajstić information content (AvgIpc) is 2.67. The number of nitro groups is 1. The van der Waals surface area contributed by atoms with Gasteiger partial charge in [0.25, 0.3) is 5.69 Å². The standard InChI is InChI=1S/C20H17F2NO3Si/c21-17-9-5-14(6-10-17)20(15-7-11-18(22)12-8-15)27-26-13-16-3-1-2-4-19(16)23(24)25/h1-12,20H,13,27H2. The first-order valence-electron chi connectivity index (χ1n) is 8.35. The van der Waals surface area contributed by atoms with Crippen molar-refractivity contribution in [1.82, 2.24) is 0 Å². The smallest absolute Gasteiger partial charge is 0.274 e. The Morgan fingerprint density at radius 3 is 1.93 bits per heavy atom. The molecule has 0 aliphatic carbocycles. The Morgan fingerprint density at radius 2 is 1.41 bits per heavy atom. The second-order valence-corrected chi connectivity index (χ2v) is 7.61. The monoisotopic (exact) mass is 385 g/mol. The Labute approximate surface area is 157 Å². The maximum atomic E-state index is 13.3.